The summed E-state index contributed by atoms with van der Waals surface area (Å²) in [6.45, 7) is 4.50. The van der Waals surface area contributed by atoms with E-state index in [1.54, 1.807) is 6.08 Å². The molecule has 3 heterocycles. The molecule has 1 aromatic rings. The fourth-order valence-electron chi connectivity index (χ4n) is 2.71. The third kappa shape index (κ3) is 4.74. The minimum atomic E-state index is -0.681. The topological polar surface area (TPSA) is 94.1 Å². The lowest BCUT2D eigenvalue weighted by molar-refractivity contribution is -0.122. The highest BCUT2D eigenvalue weighted by molar-refractivity contribution is 8.32. The van der Waals surface area contributed by atoms with Crippen LogP contribution in [0.1, 0.15) is 6.42 Å². The smallest absolute Gasteiger partial charge is 0.416 e. The average molecular weight is 410 g/mol. The number of hydrogen-bond acceptors (Lipinski definition) is 7. The van der Waals surface area contributed by atoms with E-state index in [1.807, 2.05) is 0 Å². The molecule has 0 aromatic carbocycles. The minimum absolute atomic E-state index is 0.0619. The fourth-order valence-corrected chi connectivity index (χ4v) is 3.33. The van der Waals surface area contributed by atoms with Gasteiger partial charge in [-0.1, -0.05) is 6.08 Å². The number of aromatic nitrogens is 2. The van der Waals surface area contributed by atoms with Crippen LogP contribution in [-0.4, -0.2) is 79.1 Å². The summed E-state index contributed by atoms with van der Waals surface area (Å²) in [5.41, 5.74) is 0. The molecule has 1 aromatic heterocycles. The van der Waals surface area contributed by atoms with Gasteiger partial charge in [0.15, 0.2) is 12.4 Å². The van der Waals surface area contributed by atoms with Crippen LogP contribution >= 0.6 is 10.0 Å². The first-order valence-corrected chi connectivity index (χ1v) is 11.9. The first kappa shape index (κ1) is 20.4. The van der Waals surface area contributed by atoms with Crippen molar-refractivity contribution < 1.29 is 23.8 Å². The van der Waals surface area contributed by atoms with Gasteiger partial charge >= 0.3 is 6.09 Å². The number of anilines is 2. The highest BCUT2D eigenvalue weighted by atomic mass is 32.3. The van der Waals surface area contributed by atoms with E-state index >= 15 is 0 Å². The van der Waals surface area contributed by atoms with Crippen LogP contribution in [0.3, 0.4) is 0 Å². The van der Waals surface area contributed by atoms with Crippen molar-refractivity contribution in [3.05, 3.63) is 18.9 Å². The molecule has 1 atom stereocenters. The third-order valence-corrected chi connectivity index (χ3v) is 5.63. The van der Waals surface area contributed by atoms with Gasteiger partial charge in [0, 0.05) is 12.2 Å². The second kappa shape index (κ2) is 8.36. The Hall–Kier alpha value is -2.33. The van der Waals surface area contributed by atoms with Crippen molar-refractivity contribution in [2.75, 3.05) is 60.8 Å². The zero-order chi connectivity index (χ0) is 20.3. The molecule has 2 aliphatic heterocycles. The number of ether oxygens (including phenoxy) is 3. The molecule has 9 nitrogen and oxygen atoms in total. The summed E-state index contributed by atoms with van der Waals surface area (Å²) in [5.74, 6) is 1.46. The molecule has 0 spiro atoms. The lowest BCUT2D eigenvalue weighted by atomic mass is 10.2. The third-order valence-electron chi connectivity index (χ3n) is 4.24. The maximum Gasteiger partial charge on any atom is 0.416 e. The van der Waals surface area contributed by atoms with E-state index in [0.717, 1.165) is 5.75 Å². The normalized spacial score (nSPS) is 19.9. The van der Waals surface area contributed by atoms with Crippen LogP contribution in [0, 0.1) is 0 Å². The number of rotatable bonds is 8. The zero-order valence-corrected chi connectivity index (χ0v) is 17.2. The molecule has 2 aliphatic rings. The number of fused-ring (bicyclic) bond motifs is 1. The standard InChI is InChI=1S/C18H26N4O5S/c1-5-6-13-10-21(18(24)27-13)14-9-19-17-16(20-14)22(15(23)11-26-17)12-25-7-8-28(2,3)4/h5,9,13H,1,6-8,10-12H2,2-4H3. The fraction of sp³-hybridized carbons (Fsp3) is 0.556. The quantitative estimate of drug-likeness (QED) is 0.476. The van der Waals surface area contributed by atoms with E-state index in [4.69, 9.17) is 14.2 Å². The second-order valence-corrected chi connectivity index (χ2v) is 12.0. The molecule has 1 saturated heterocycles. The van der Waals surface area contributed by atoms with Crippen molar-refractivity contribution in [3.63, 3.8) is 0 Å². The van der Waals surface area contributed by atoms with Crippen molar-refractivity contribution in [2.24, 2.45) is 0 Å². The zero-order valence-electron chi connectivity index (χ0n) is 16.4. The van der Waals surface area contributed by atoms with Gasteiger partial charge in [-0.25, -0.2) is 24.8 Å². The Labute approximate surface area is 166 Å². The van der Waals surface area contributed by atoms with Gasteiger partial charge < -0.3 is 14.2 Å². The number of cyclic esters (lactones) is 1. The van der Waals surface area contributed by atoms with E-state index in [1.165, 1.54) is 16.0 Å². The van der Waals surface area contributed by atoms with E-state index in [2.05, 4.69) is 35.3 Å². The number of carbonyl (C=O) groups excluding carboxylic acids is 2. The van der Waals surface area contributed by atoms with Crippen LogP contribution < -0.4 is 14.5 Å². The van der Waals surface area contributed by atoms with Gasteiger partial charge in [0.1, 0.15) is 12.8 Å². The largest absolute Gasteiger partial charge is 0.465 e. The first-order chi connectivity index (χ1) is 13.3. The van der Waals surface area contributed by atoms with Crippen molar-refractivity contribution in [1.82, 2.24) is 9.97 Å². The number of carbonyl (C=O) groups is 2. The summed E-state index contributed by atoms with van der Waals surface area (Å²) in [6, 6.07) is 0. The average Bonchev–Trinajstić information content (AvgIpc) is 2.99. The molecule has 0 saturated carbocycles. The Morgan fingerprint density at radius 1 is 1.39 bits per heavy atom. The first-order valence-electron chi connectivity index (χ1n) is 8.91. The molecule has 0 N–H and O–H groups in total. The molecule has 2 amide bonds. The summed E-state index contributed by atoms with van der Waals surface area (Å²) in [4.78, 5) is 35.9. The summed E-state index contributed by atoms with van der Waals surface area (Å²) < 4.78 is 16.4. The highest BCUT2D eigenvalue weighted by Gasteiger charge is 2.35. The molecule has 1 fully saturated rings. The van der Waals surface area contributed by atoms with Gasteiger partial charge in [0.05, 0.1) is 19.3 Å². The van der Waals surface area contributed by atoms with Gasteiger partial charge in [0.25, 0.3) is 11.8 Å². The molecule has 3 rings (SSSR count). The lowest BCUT2D eigenvalue weighted by Gasteiger charge is -2.29. The molecular formula is C18H26N4O5S. The lowest BCUT2D eigenvalue weighted by Crippen LogP contribution is -2.42. The Morgan fingerprint density at radius 2 is 2.18 bits per heavy atom. The van der Waals surface area contributed by atoms with Crippen LogP contribution in [0.5, 0.6) is 5.88 Å². The predicted octanol–water partition coefficient (Wildman–Crippen LogP) is 1.77. The van der Waals surface area contributed by atoms with Gasteiger partial charge in [-0.3, -0.25) is 14.6 Å². The van der Waals surface area contributed by atoms with Crippen molar-refractivity contribution in [1.29, 1.82) is 0 Å². The Morgan fingerprint density at radius 3 is 2.89 bits per heavy atom. The van der Waals surface area contributed by atoms with Gasteiger partial charge in [0.2, 0.25) is 5.82 Å². The highest BCUT2D eigenvalue weighted by Crippen LogP contribution is 2.34. The van der Waals surface area contributed by atoms with Gasteiger partial charge in [-0.2, -0.15) is 0 Å². The molecule has 0 bridgehead atoms. The van der Waals surface area contributed by atoms with Gasteiger partial charge in [-0.15, -0.1) is 6.58 Å². The number of nitrogens with zero attached hydrogens (tertiary/aromatic N) is 4. The maximum absolute atomic E-state index is 12.3. The predicted molar refractivity (Wildman–Crippen MR) is 108 cm³/mol. The van der Waals surface area contributed by atoms with Gasteiger partial charge in [-0.05, 0) is 18.8 Å². The van der Waals surface area contributed by atoms with Crippen LogP contribution in [0.25, 0.3) is 0 Å². The number of hydrogen-bond donors (Lipinski definition) is 0. The van der Waals surface area contributed by atoms with Crippen LogP contribution in [0.2, 0.25) is 0 Å². The molecule has 154 valence electrons. The monoisotopic (exact) mass is 410 g/mol. The molecular weight excluding hydrogens is 384 g/mol. The Bertz CT molecular complexity index is 767. The SMILES string of the molecule is C=CCC1CN(c2cnc3c(n2)N(COCCS(C)(C)C)C(=O)CO3)C(=O)O1. The molecule has 0 radical (unpaired) electrons. The molecule has 10 heteroatoms. The summed E-state index contributed by atoms with van der Waals surface area (Å²) in [6.07, 6.45) is 9.53. The van der Waals surface area contributed by atoms with Crippen molar-refractivity contribution in [2.45, 2.75) is 12.5 Å². The second-order valence-electron chi connectivity index (χ2n) is 7.44. The van der Waals surface area contributed by atoms with E-state index in [9.17, 15) is 9.59 Å². The van der Waals surface area contributed by atoms with E-state index in [0.29, 0.717) is 25.4 Å². The van der Waals surface area contributed by atoms with Crippen molar-refractivity contribution >= 4 is 33.7 Å². The Kier molecular flexibility index (Phi) is 6.09. The minimum Gasteiger partial charge on any atom is -0.465 e. The maximum atomic E-state index is 12.3. The summed E-state index contributed by atoms with van der Waals surface area (Å²) in [5, 5.41) is 0. The van der Waals surface area contributed by atoms with Crippen LogP contribution in [0.4, 0.5) is 16.4 Å². The molecule has 0 aliphatic carbocycles. The van der Waals surface area contributed by atoms with E-state index < -0.39 is 16.1 Å². The summed E-state index contributed by atoms with van der Waals surface area (Å²) in [7, 11) is -0.681. The summed E-state index contributed by atoms with van der Waals surface area (Å²) >= 11 is 0. The van der Waals surface area contributed by atoms with E-state index in [-0.39, 0.29) is 37.0 Å². The van der Waals surface area contributed by atoms with Crippen molar-refractivity contribution in [3.8, 4) is 5.88 Å². The number of amides is 2. The Balaban J connectivity index is 1.74. The van der Waals surface area contributed by atoms with Crippen LogP contribution in [-0.2, 0) is 14.3 Å². The van der Waals surface area contributed by atoms with Crippen LogP contribution in [0.15, 0.2) is 18.9 Å². The molecule has 1 unspecified atom stereocenters. The molecule has 28 heavy (non-hydrogen) atoms.